The number of benzene rings is 1. The highest BCUT2D eigenvalue weighted by Crippen LogP contribution is 2.07. The van der Waals surface area contributed by atoms with Gasteiger partial charge in [-0.05, 0) is 59.0 Å². The third-order valence-electron chi connectivity index (χ3n) is 3.19. The monoisotopic (exact) mass is 391 g/mol. The lowest BCUT2D eigenvalue weighted by Gasteiger charge is -2.04. The van der Waals surface area contributed by atoms with E-state index in [1.165, 1.54) is 0 Å². The second-order valence-electron chi connectivity index (χ2n) is 4.71. The number of pyridine rings is 1. The molecule has 0 saturated heterocycles. The van der Waals surface area contributed by atoms with Gasteiger partial charge in [0.25, 0.3) is 5.91 Å². The molecule has 5 heteroatoms. The summed E-state index contributed by atoms with van der Waals surface area (Å²) in [6, 6.07) is 13.4. The zero-order valence-corrected chi connectivity index (χ0v) is 13.4. The Morgan fingerprint density at radius 3 is 2.76 bits per heavy atom. The third kappa shape index (κ3) is 3.41. The summed E-state index contributed by atoms with van der Waals surface area (Å²) in [7, 11) is 0. The van der Waals surface area contributed by atoms with Crippen LogP contribution in [0.1, 0.15) is 16.1 Å². The molecule has 1 N–H and O–H groups in total. The molecule has 0 bridgehead atoms. The number of carbonyl (C=O) groups excluding carboxylic acids is 1. The van der Waals surface area contributed by atoms with Crippen molar-refractivity contribution in [2.24, 2.45) is 0 Å². The third-order valence-corrected chi connectivity index (χ3v) is 3.91. The zero-order chi connectivity index (χ0) is 14.7. The van der Waals surface area contributed by atoms with E-state index in [0.29, 0.717) is 12.1 Å². The number of nitrogens with one attached hydrogen (secondary N) is 1. The van der Waals surface area contributed by atoms with E-state index in [1.54, 1.807) is 0 Å². The normalized spacial score (nSPS) is 10.7. The first kappa shape index (κ1) is 14.1. The average molecular weight is 391 g/mol. The molecule has 3 aromatic rings. The Balaban J connectivity index is 1.58. The lowest BCUT2D eigenvalue weighted by atomic mass is 10.2. The Labute approximate surface area is 136 Å². The number of hydrogen-bond acceptors (Lipinski definition) is 2. The van der Waals surface area contributed by atoms with Gasteiger partial charge >= 0.3 is 0 Å². The van der Waals surface area contributed by atoms with Gasteiger partial charge < -0.3 is 9.72 Å². The molecule has 0 unspecified atom stereocenters. The van der Waals surface area contributed by atoms with Crippen LogP contribution in [0.25, 0.3) is 5.65 Å². The summed E-state index contributed by atoms with van der Waals surface area (Å²) in [6.45, 7) is 0.578. The van der Waals surface area contributed by atoms with E-state index in [2.05, 4.69) is 32.9 Å². The predicted octanol–water partition coefficient (Wildman–Crippen LogP) is 2.91. The molecule has 2 aromatic heterocycles. The number of rotatable bonds is 4. The van der Waals surface area contributed by atoms with Crippen LogP contribution in [0.3, 0.4) is 0 Å². The number of carbonyl (C=O) groups is 1. The molecule has 2 heterocycles. The first-order chi connectivity index (χ1) is 10.2. The van der Waals surface area contributed by atoms with E-state index >= 15 is 0 Å². The molecular formula is C16H14IN3O. The van der Waals surface area contributed by atoms with Gasteiger partial charge in [0.05, 0.1) is 5.69 Å². The second-order valence-corrected chi connectivity index (χ2v) is 5.96. The second kappa shape index (κ2) is 6.26. The van der Waals surface area contributed by atoms with Crippen LogP contribution >= 0.6 is 22.6 Å². The van der Waals surface area contributed by atoms with Gasteiger partial charge in [-0.2, -0.15) is 0 Å². The van der Waals surface area contributed by atoms with Crippen molar-refractivity contribution < 1.29 is 4.79 Å². The molecule has 0 radical (unpaired) electrons. The smallest absolute Gasteiger partial charge is 0.251 e. The van der Waals surface area contributed by atoms with Crippen molar-refractivity contribution in [2.75, 3.05) is 6.54 Å². The molecular weight excluding hydrogens is 377 g/mol. The summed E-state index contributed by atoms with van der Waals surface area (Å²) in [5.41, 5.74) is 2.59. The maximum atomic E-state index is 12.0. The van der Waals surface area contributed by atoms with Crippen molar-refractivity contribution in [2.45, 2.75) is 6.42 Å². The standard InChI is InChI=1S/C16H14IN3O/c17-13-6-4-12(5-7-13)16(21)18-9-8-14-11-20-10-2-1-3-15(20)19-14/h1-7,10-11H,8-9H2,(H,18,21). The number of aromatic nitrogens is 2. The fraction of sp³-hybridized carbons (Fsp3) is 0.125. The van der Waals surface area contributed by atoms with E-state index < -0.39 is 0 Å². The van der Waals surface area contributed by atoms with Gasteiger partial charge in [-0.25, -0.2) is 4.98 Å². The summed E-state index contributed by atoms with van der Waals surface area (Å²) < 4.78 is 3.10. The van der Waals surface area contributed by atoms with Crippen molar-refractivity contribution in [3.05, 3.63) is 69.7 Å². The minimum Gasteiger partial charge on any atom is -0.352 e. The maximum absolute atomic E-state index is 12.0. The molecule has 1 amide bonds. The number of nitrogens with zero attached hydrogens (tertiary/aromatic N) is 2. The van der Waals surface area contributed by atoms with E-state index in [4.69, 9.17) is 0 Å². The summed E-state index contributed by atoms with van der Waals surface area (Å²) in [5, 5.41) is 2.92. The molecule has 0 aliphatic heterocycles. The van der Waals surface area contributed by atoms with Gasteiger partial charge in [0, 0.05) is 34.5 Å². The van der Waals surface area contributed by atoms with E-state index in [9.17, 15) is 4.79 Å². The number of fused-ring (bicyclic) bond motifs is 1. The Morgan fingerprint density at radius 2 is 2.00 bits per heavy atom. The Bertz CT molecular complexity index is 732. The topological polar surface area (TPSA) is 46.4 Å². The van der Waals surface area contributed by atoms with Gasteiger partial charge in [0.15, 0.2) is 0 Å². The molecule has 3 rings (SSSR count). The molecule has 21 heavy (non-hydrogen) atoms. The minimum atomic E-state index is -0.0461. The molecule has 1 aromatic carbocycles. The highest BCUT2D eigenvalue weighted by atomic mass is 127. The Hall–Kier alpha value is -1.89. The van der Waals surface area contributed by atoms with Crippen LogP contribution in [0.5, 0.6) is 0 Å². The lowest BCUT2D eigenvalue weighted by molar-refractivity contribution is 0.0954. The van der Waals surface area contributed by atoms with Crippen LogP contribution in [0.4, 0.5) is 0 Å². The maximum Gasteiger partial charge on any atom is 0.251 e. The fourth-order valence-electron chi connectivity index (χ4n) is 2.12. The first-order valence-corrected chi connectivity index (χ1v) is 7.76. The molecule has 0 spiro atoms. The number of halogens is 1. The van der Waals surface area contributed by atoms with Crippen molar-refractivity contribution in [1.29, 1.82) is 0 Å². The van der Waals surface area contributed by atoms with Crippen molar-refractivity contribution in [1.82, 2.24) is 14.7 Å². The molecule has 0 fully saturated rings. The fourth-order valence-corrected chi connectivity index (χ4v) is 2.47. The lowest BCUT2D eigenvalue weighted by Crippen LogP contribution is -2.25. The molecule has 0 aliphatic carbocycles. The van der Waals surface area contributed by atoms with Crippen LogP contribution in [-0.2, 0) is 6.42 Å². The first-order valence-electron chi connectivity index (χ1n) is 6.69. The van der Waals surface area contributed by atoms with E-state index in [-0.39, 0.29) is 5.91 Å². The predicted molar refractivity (Wildman–Crippen MR) is 90.4 cm³/mol. The summed E-state index contributed by atoms with van der Waals surface area (Å²) in [6.07, 6.45) is 4.68. The highest BCUT2D eigenvalue weighted by molar-refractivity contribution is 14.1. The van der Waals surface area contributed by atoms with Gasteiger partial charge in [-0.1, -0.05) is 6.07 Å². The molecule has 0 aliphatic rings. The van der Waals surface area contributed by atoms with Gasteiger partial charge in [-0.15, -0.1) is 0 Å². The Kier molecular flexibility index (Phi) is 4.19. The molecule has 106 valence electrons. The molecule has 4 nitrogen and oxygen atoms in total. The number of amides is 1. The largest absolute Gasteiger partial charge is 0.352 e. The number of hydrogen-bond donors (Lipinski definition) is 1. The highest BCUT2D eigenvalue weighted by Gasteiger charge is 2.05. The van der Waals surface area contributed by atoms with Gasteiger partial charge in [0.2, 0.25) is 0 Å². The van der Waals surface area contributed by atoms with Crippen LogP contribution in [0.15, 0.2) is 54.9 Å². The molecule has 0 saturated carbocycles. The van der Waals surface area contributed by atoms with Crippen molar-refractivity contribution >= 4 is 34.1 Å². The average Bonchev–Trinajstić information content (AvgIpc) is 2.90. The zero-order valence-electron chi connectivity index (χ0n) is 11.3. The van der Waals surface area contributed by atoms with E-state index in [0.717, 1.165) is 21.3 Å². The van der Waals surface area contributed by atoms with Gasteiger partial charge in [-0.3, -0.25) is 4.79 Å². The van der Waals surface area contributed by atoms with Crippen molar-refractivity contribution in [3.63, 3.8) is 0 Å². The molecule has 0 atom stereocenters. The summed E-state index contributed by atoms with van der Waals surface area (Å²) >= 11 is 2.22. The van der Waals surface area contributed by atoms with Crippen LogP contribution in [0, 0.1) is 3.57 Å². The van der Waals surface area contributed by atoms with Gasteiger partial charge in [0.1, 0.15) is 5.65 Å². The van der Waals surface area contributed by atoms with E-state index in [1.807, 2.05) is 59.3 Å². The summed E-state index contributed by atoms with van der Waals surface area (Å²) in [4.78, 5) is 16.5. The van der Waals surface area contributed by atoms with Crippen LogP contribution in [0.2, 0.25) is 0 Å². The Morgan fingerprint density at radius 1 is 1.19 bits per heavy atom. The van der Waals surface area contributed by atoms with Crippen LogP contribution < -0.4 is 5.32 Å². The number of imidazole rings is 1. The minimum absolute atomic E-state index is 0.0461. The SMILES string of the molecule is O=C(NCCc1cn2ccccc2n1)c1ccc(I)cc1. The van der Waals surface area contributed by atoms with Crippen LogP contribution in [-0.4, -0.2) is 21.8 Å². The quantitative estimate of drug-likeness (QED) is 0.696. The van der Waals surface area contributed by atoms with Crippen molar-refractivity contribution in [3.8, 4) is 0 Å². The summed E-state index contributed by atoms with van der Waals surface area (Å²) in [5.74, 6) is -0.0461.